The summed E-state index contributed by atoms with van der Waals surface area (Å²) in [5.74, 6) is -0.606. The van der Waals surface area contributed by atoms with Crippen LogP contribution in [0.25, 0.3) is 21.5 Å². The number of rotatable bonds is 3. The molecule has 0 aliphatic heterocycles. The topological polar surface area (TPSA) is 73.3 Å². The Kier molecular flexibility index (Phi) is 3.53. The van der Waals surface area contributed by atoms with Gasteiger partial charge in [0.15, 0.2) is 16.4 Å². The van der Waals surface area contributed by atoms with Gasteiger partial charge in [-0.3, -0.25) is 4.79 Å². The number of carbonyl (C=O) groups excluding carboxylic acids is 1. The number of pyridine rings is 1. The Hall–Kier alpha value is -2.47. The molecule has 0 spiro atoms. The number of H-pyrrole nitrogens is 2. The van der Waals surface area contributed by atoms with Gasteiger partial charge in [0.2, 0.25) is 11.1 Å². The number of aromatic nitrogens is 2. The highest BCUT2D eigenvalue weighted by Gasteiger charge is 2.23. The standard InChI is InChI=1S/C15H12N2O3S/c1-2-20-15(19)10-8-16-14-11(13(10)18)12(17-21-14)9-6-4-3-5-7-9/h3-8H,2H2,1H3,(H,16,18)/p+1. The Bertz CT molecular complexity index is 852. The van der Waals surface area contributed by atoms with Crippen molar-refractivity contribution < 1.29 is 13.9 Å². The Morgan fingerprint density at radius 3 is 2.81 bits per heavy atom. The van der Waals surface area contributed by atoms with Gasteiger partial charge in [-0.25, -0.2) is 4.79 Å². The molecule has 3 aromatic rings. The molecule has 2 N–H and O–H groups in total. The maximum absolute atomic E-state index is 12.6. The number of nitrogens with one attached hydrogen (secondary N) is 2. The zero-order chi connectivity index (χ0) is 14.8. The quantitative estimate of drug-likeness (QED) is 0.754. The number of aromatic amines is 2. The Morgan fingerprint density at radius 1 is 1.33 bits per heavy atom. The molecule has 21 heavy (non-hydrogen) atoms. The van der Waals surface area contributed by atoms with E-state index in [9.17, 15) is 9.59 Å². The minimum Gasteiger partial charge on any atom is -0.462 e. The third kappa shape index (κ3) is 2.34. The van der Waals surface area contributed by atoms with Gasteiger partial charge in [-0.1, -0.05) is 18.2 Å². The summed E-state index contributed by atoms with van der Waals surface area (Å²) < 4.78 is 8.04. The van der Waals surface area contributed by atoms with Crippen LogP contribution in [0, 0.1) is 0 Å². The molecular weight excluding hydrogens is 288 g/mol. The van der Waals surface area contributed by atoms with Gasteiger partial charge >= 0.3 is 5.97 Å². The highest BCUT2D eigenvalue weighted by atomic mass is 32.1. The van der Waals surface area contributed by atoms with Crippen LogP contribution >= 0.6 is 11.5 Å². The van der Waals surface area contributed by atoms with Crippen LogP contribution in [0.15, 0.2) is 41.3 Å². The summed E-state index contributed by atoms with van der Waals surface area (Å²) in [6.45, 7) is 1.94. The fourth-order valence-corrected chi connectivity index (χ4v) is 2.98. The molecule has 0 bridgehead atoms. The molecule has 0 saturated heterocycles. The minimum atomic E-state index is -0.606. The normalized spacial score (nSPS) is 10.7. The molecule has 1 aromatic carbocycles. The van der Waals surface area contributed by atoms with Crippen molar-refractivity contribution in [1.82, 2.24) is 4.98 Å². The van der Waals surface area contributed by atoms with E-state index in [1.54, 1.807) is 6.92 Å². The highest BCUT2D eigenvalue weighted by Crippen LogP contribution is 2.23. The summed E-state index contributed by atoms with van der Waals surface area (Å²) in [7, 11) is 0. The van der Waals surface area contributed by atoms with Crippen LogP contribution in [-0.2, 0) is 4.74 Å². The molecular formula is C15H13N2O3S+. The van der Waals surface area contributed by atoms with Crippen molar-refractivity contribution in [2.45, 2.75) is 6.92 Å². The average molecular weight is 301 g/mol. The SMILES string of the molecule is CCOC(=O)c1c[nH]c2s[nH+]c(-c3ccccc3)c2c1=O. The summed E-state index contributed by atoms with van der Waals surface area (Å²) in [5.41, 5.74) is 1.31. The number of esters is 1. The summed E-state index contributed by atoms with van der Waals surface area (Å²) in [4.78, 5) is 28.1. The van der Waals surface area contributed by atoms with Gasteiger partial charge in [0, 0.05) is 11.8 Å². The second-order valence-corrected chi connectivity index (χ2v) is 5.22. The summed E-state index contributed by atoms with van der Waals surface area (Å²) in [6.07, 6.45) is 1.40. The molecule has 6 heteroatoms. The molecule has 0 unspecified atom stereocenters. The van der Waals surface area contributed by atoms with E-state index in [-0.39, 0.29) is 17.6 Å². The minimum absolute atomic E-state index is 0.0216. The van der Waals surface area contributed by atoms with Crippen LogP contribution in [-0.4, -0.2) is 17.6 Å². The average Bonchev–Trinajstić information content (AvgIpc) is 2.93. The summed E-state index contributed by atoms with van der Waals surface area (Å²) in [5, 5.41) is 0.483. The van der Waals surface area contributed by atoms with E-state index in [4.69, 9.17) is 4.74 Å². The number of benzene rings is 1. The third-order valence-corrected chi connectivity index (χ3v) is 3.94. The van der Waals surface area contributed by atoms with Crippen LogP contribution in [0.3, 0.4) is 0 Å². The molecule has 0 aliphatic carbocycles. The molecule has 106 valence electrons. The molecule has 0 aliphatic rings. The lowest BCUT2D eigenvalue weighted by molar-refractivity contribution is -0.274. The first-order valence-electron chi connectivity index (χ1n) is 6.50. The lowest BCUT2D eigenvalue weighted by atomic mass is 10.1. The van der Waals surface area contributed by atoms with Crippen molar-refractivity contribution in [3.05, 3.63) is 52.3 Å². The van der Waals surface area contributed by atoms with Gasteiger partial charge in [-0.15, -0.1) is 4.37 Å². The predicted molar refractivity (Wildman–Crippen MR) is 80.4 cm³/mol. The van der Waals surface area contributed by atoms with Crippen LogP contribution in [0.5, 0.6) is 0 Å². The molecule has 0 fully saturated rings. The zero-order valence-electron chi connectivity index (χ0n) is 11.3. The van der Waals surface area contributed by atoms with Gasteiger partial charge in [0.1, 0.15) is 10.9 Å². The van der Waals surface area contributed by atoms with E-state index >= 15 is 0 Å². The fraction of sp³-hybridized carbons (Fsp3) is 0.133. The van der Waals surface area contributed by atoms with Gasteiger partial charge in [0.05, 0.1) is 6.61 Å². The first kappa shape index (κ1) is 13.5. The highest BCUT2D eigenvalue weighted by molar-refractivity contribution is 7.09. The number of carbonyl (C=O) groups is 1. The van der Waals surface area contributed by atoms with Crippen LogP contribution < -0.4 is 9.80 Å². The summed E-state index contributed by atoms with van der Waals surface area (Å²) >= 11 is 1.32. The van der Waals surface area contributed by atoms with Gasteiger partial charge in [-0.05, 0) is 19.1 Å². The Labute approximate surface area is 124 Å². The number of ether oxygens (including phenoxy) is 1. The number of hydrogen-bond acceptors (Lipinski definition) is 4. The molecule has 0 saturated carbocycles. The van der Waals surface area contributed by atoms with E-state index in [2.05, 4.69) is 9.36 Å². The van der Waals surface area contributed by atoms with E-state index in [0.717, 1.165) is 5.56 Å². The largest absolute Gasteiger partial charge is 0.462 e. The molecule has 2 heterocycles. The van der Waals surface area contributed by atoms with Gasteiger partial charge < -0.3 is 9.72 Å². The van der Waals surface area contributed by atoms with E-state index < -0.39 is 5.97 Å². The van der Waals surface area contributed by atoms with E-state index in [1.165, 1.54) is 17.7 Å². The van der Waals surface area contributed by atoms with Crippen LogP contribution in [0.4, 0.5) is 0 Å². The molecule has 0 radical (unpaired) electrons. The van der Waals surface area contributed by atoms with Crippen molar-refractivity contribution in [2.24, 2.45) is 0 Å². The Morgan fingerprint density at radius 2 is 2.10 bits per heavy atom. The van der Waals surface area contributed by atoms with Crippen molar-refractivity contribution in [2.75, 3.05) is 6.61 Å². The molecule has 5 nitrogen and oxygen atoms in total. The maximum atomic E-state index is 12.6. The first-order chi connectivity index (χ1) is 10.2. The van der Waals surface area contributed by atoms with E-state index in [1.807, 2.05) is 30.3 Å². The van der Waals surface area contributed by atoms with Crippen molar-refractivity contribution in [3.8, 4) is 11.3 Å². The van der Waals surface area contributed by atoms with Crippen LogP contribution in [0.2, 0.25) is 0 Å². The van der Waals surface area contributed by atoms with Crippen molar-refractivity contribution in [1.29, 1.82) is 0 Å². The maximum Gasteiger partial charge on any atom is 0.343 e. The lowest BCUT2D eigenvalue weighted by Gasteiger charge is -2.00. The zero-order valence-corrected chi connectivity index (χ0v) is 12.1. The molecule has 3 rings (SSSR count). The van der Waals surface area contributed by atoms with Gasteiger partial charge in [0.25, 0.3) is 0 Å². The smallest absolute Gasteiger partial charge is 0.343 e. The number of hydrogen-bond donors (Lipinski definition) is 1. The van der Waals surface area contributed by atoms with Crippen molar-refractivity contribution in [3.63, 3.8) is 0 Å². The molecule has 0 amide bonds. The lowest BCUT2D eigenvalue weighted by Crippen LogP contribution is -2.18. The van der Waals surface area contributed by atoms with Crippen LogP contribution in [0.1, 0.15) is 17.3 Å². The second kappa shape index (κ2) is 5.49. The predicted octanol–water partition coefficient (Wildman–Crippen LogP) is 2.25. The monoisotopic (exact) mass is 301 g/mol. The Balaban J connectivity index is 2.23. The molecule has 0 atom stereocenters. The van der Waals surface area contributed by atoms with Crippen molar-refractivity contribution >= 4 is 27.7 Å². The summed E-state index contributed by atoms with van der Waals surface area (Å²) in [6, 6.07) is 9.53. The fourth-order valence-electron chi connectivity index (χ4n) is 2.14. The number of fused-ring (bicyclic) bond motifs is 1. The second-order valence-electron chi connectivity index (χ2n) is 4.40. The van der Waals surface area contributed by atoms with Gasteiger partial charge in [-0.2, -0.15) is 0 Å². The molecule has 2 aromatic heterocycles. The first-order valence-corrected chi connectivity index (χ1v) is 7.32. The third-order valence-electron chi connectivity index (χ3n) is 3.11. The van der Waals surface area contributed by atoms with E-state index in [0.29, 0.717) is 15.9 Å².